The molecule has 0 aliphatic carbocycles. The SMILES string of the molecule is CCCCCCCCCCCCCCCC(=O)N/N=C\c1ccc(OC(=O)c2ccccc2Cl)c(OC)c1. The number of carbonyl (C=O) groups excluding carboxylic acids is 2. The topological polar surface area (TPSA) is 77.0 Å². The fourth-order valence-corrected chi connectivity index (χ4v) is 4.38. The number of nitrogens with zero attached hydrogens (tertiary/aromatic N) is 1. The second-order valence-electron chi connectivity index (χ2n) is 9.57. The Hall–Kier alpha value is -2.86. The van der Waals surface area contributed by atoms with E-state index in [1.165, 1.54) is 84.0 Å². The van der Waals surface area contributed by atoms with Gasteiger partial charge in [0.15, 0.2) is 11.5 Å². The number of halogens is 1. The molecular formula is C31H43ClN2O4. The van der Waals surface area contributed by atoms with Crippen molar-refractivity contribution in [2.45, 2.75) is 96.8 Å². The Morgan fingerprint density at radius 1 is 0.842 bits per heavy atom. The predicted molar refractivity (Wildman–Crippen MR) is 155 cm³/mol. The number of nitrogens with one attached hydrogen (secondary N) is 1. The predicted octanol–water partition coefficient (Wildman–Crippen LogP) is 8.50. The van der Waals surface area contributed by atoms with E-state index in [-0.39, 0.29) is 17.2 Å². The lowest BCUT2D eigenvalue weighted by Crippen LogP contribution is -2.16. The molecule has 2 rings (SSSR count). The van der Waals surface area contributed by atoms with E-state index in [0.29, 0.717) is 22.8 Å². The molecule has 0 saturated heterocycles. The highest BCUT2D eigenvalue weighted by molar-refractivity contribution is 6.33. The number of ether oxygens (including phenoxy) is 2. The van der Waals surface area contributed by atoms with Crippen molar-refractivity contribution >= 4 is 29.7 Å². The fourth-order valence-electron chi connectivity index (χ4n) is 4.17. The first kappa shape index (κ1) is 31.4. The molecule has 7 heteroatoms. The zero-order valence-electron chi connectivity index (χ0n) is 23.0. The third-order valence-electron chi connectivity index (χ3n) is 6.39. The Bertz CT molecular complexity index is 1010. The number of unbranched alkanes of at least 4 members (excludes halogenated alkanes) is 12. The van der Waals surface area contributed by atoms with Gasteiger partial charge >= 0.3 is 5.97 Å². The third-order valence-corrected chi connectivity index (χ3v) is 6.72. The van der Waals surface area contributed by atoms with Crippen LogP contribution in [-0.4, -0.2) is 25.2 Å². The average molecular weight is 543 g/mol. The highest BCUT2D eigenvalue weighted by Gasteiger charge is 2.15. The Labute approximate surface area is 233 Å². The van der Waals surface area contributed by atoms with Crippen molar-refractivity contribution in [3.8, 4) is 11.5 Å². The number of hydrogen-bond donors (Lipinski definition) is 1. The van der Waals surface area contributed by atoms with Crippen LogP contribution in [-0.2, 0) is 4.79 Å². The van der Waals surface area contributed by atoms with Gasteiger partial charge in [0.1, 0.15) is 0 Å². The van der Waals surface area contributed by atoms with Crippen molar-refractivity contribution in [3.05, 3.63) is 58.6 Å². The first-order valence-corrected chi connectivity index (χ1v) is 14.4. The maximum atomic E-state index is 12.4. The minimum Gasteiger partial charge on any atom is -0.493 e. The van der Waals surface area contributed by atoms with Gasteiger partial charge in [0.05, 0.1) is 23.9 Å². The van der Waals surface area contributed by atoms with Crippen LogP contribution in [0.4, 0.5) is 0 Å². The average Bonchev–Trinajstić information content (AvgIpc) is 2.92. The van der Waals surface area contributed by atoms with Gasteiger partial charge < -0.3 is 9.47 Å². The second kappa shape index (κ2) is 19.2. The summed E-state index contributed by atoms with van der Waals surface area (Å²) in [6.45, 7) is 2.26. The van der Waals surface area contributed by atoms with Gasteiger partial charge in [-0.2, -0.15) is 5.10 Å². The first-order chi connectivity index (χ1) is 18.5. The van der Waals surface area contributed by atoms with Crippen LogP contribution in [0.15, 0.2) is 47.6 Å². The van der Waals surface area contributed by atoms with Crippen LogP contribution in [0.1, 0.15) is 113 Å². The number of carbonyl (C=O) groups is 2. The van der Waals surface area contributed by atoms with Gasteiger partial charge in [-0.3, -0.25) is 4.79 Å². The number of benzene rings is 2. The van der Waals surface area contributed by atoms with E-state index in [0.717, 1.165) is 12.8 Å². The molecule has 0 saturated carbocycles. The minimum atomic E-state index is -0.573. The summed E-state index contributed by atoms with van der Waals surface area (Å²) in [6, 6.07) is 11.7. The summed E-state index contributed by atoms with van der Waals surface area (Å²) in [6.07, 6.45) is 18.6. The van der Waals surface area contributed by atoms with Gasteiger partial charge in [-0.15, -0.1) is 0 Å². The number of amides is 1. The molecule has 2 aromatic rings. The molecule has 38 heavy (non-hydrogen) atoms. The summed E-state index contributed by atoms with van der Waals surface area (Å²) in [7, 11) is 1.49. The number of methoxy groups -OCH3 is 1. The molecule has 1 N–H and O–H groups in total. The van der Waals surface area contributed by atoms with Crippen LogP contribution in [0, 0.1) is 0 Å². The van der Waals surface area contributed by atoms with Crippen molar-refractivity contribution in [2.75, 3.05) is 7.11 Å². The first-order valence-electron chi connectivity index (χ1n) is 14.0. The van der Waals surface area contributed by atoms with Crippen molar-refractivity contribution in [3.63, 3.8) is 0 Å². The molecular weight excluding hydrogens is 500 g/mol. The molecule has 0 radical (unpaired) electrons. The van der Waals surface area contributed by atoms with E-state index in [2.05, 4.69) is 17.5 Å². The second-order valence-corrected chi connectivity index (χ2v) is 9.97. The lowest BCUT2D eigenvalue weighted by atomic mass is 10.0. The fraction of sp³-hybridized carbons (Fsp3) is 0.516. The van der Waals surface area contributed by atoms with Crippen molar-refractivity contribution in [1.29, 1.82) is 0 Å². The van der Waals surface area contributed by atoms with Gasteiger partial charge in [0.2, 0.25) is 5.91 Å². The number of hydrogen-bond acceptors (Lipinski definition) is 5. The number of rotatable bonds is 19. The Kier molecular flexibility index (Phi) is 15.9. The molecule has 0 aromatic heterocycles. The summed E-state index contributed by atoms with van der Waals surface area (Å²) in [5.41, 5.74) is 3.54. The quantitative estimate of drug-likeness (QED) is 0.0634. The van der Waals surface area contributed by atoms with Gasteiger partial charge in [0.25, 0.3) is 0 Å². The summed E-state index contributed by atoms with van der Waals surface area (Å²) >= 11 is 6.07. The zero-order chi connectivity index (χ0) is 27.4. The van der Waals surface area contributed by atoms with E-state index < -0.39 is 5.97 Å². The maximum Gasteiger partial charge on any atom is 0.345 e. The molecule has 0 spiro atoms. The van der Waals surface area contributed by atoms with Gasteiger partial charge in [0, 0.05) is 6.42 Å². The zero-order valence-corrected chi connectivity index (χ0v) is 23.7. The van der Waals surface area contributed by atoms with Crippen LogP contribution in [0.3, 0.4) is 0 Å². The molecule has 6 nitrogen and oxygen atoms in total. The molecule has 1 amide bonds. The molecule has 0 unspecified atom stereocenters. The maximum absolute atomic E-state index is 12.4. The molecule has 2 aromatic carbocycles. The van der Waals surface area contributed by atoms with E-state index in [9.17, 15) is 9.59 Å². The highest BCUT2D eigenvalue weighted by Crippen LogP contribution is 2.29. The Balaban J connectivity index is 1.61. The molecule has 0 heterocycles. The Morgan fingerprint density at radius 3 is 2.05 bits per heavy atom. The molecule has 0 bridgehead atoms. The monoisotopic (exact) mass is 542 g/mol. The normalized spacial score (nSPS) is 11.0. The standard InChI is InChI=1S/C31H43ClN2O4/c1-3-4-5-6-7-8-9-10-11-12-13-14-15-20-30(35)34-33-24-25-21-22-28(29(23-25)37-2)38-31(36)26-18-16-17-19-27(26)32/h16-19,21-24H,3-15,20H2,1-2H3,(H,34,35)/b33-24-. The number of hydrazone groups is 1. The molecule has 208 valence electrons. The van der Waals surface area contributed by atoms with E-state index in [4.69, 9.17) is 21.1 Å². The highest BCUT2D eigenvalue weighted by atomic mass is 35.5. The largest absolute Gasteiger partial charge is 0.493 e. The molecule has 0 aliphatic rings. The lowest BCUT2D eigenvalue weighted by Gasteiger charge is -2.10. The molecule has 0 aliphatic heterocycles. The smallest absolute Gasteiger partial charge is 0.345 e. The van der Waals surface area contributed by atoms with Gasteiger partial charge in [-0.25, -0.2) is 10.2 Å². The summed E-state index contributed by atoms with van der Waals surface area (Å²) in [5, 5.41) is 4.36. The Morgan fingerprint density at radius 2 is 1.45 bits per heavy atom. The minimum absolute atomic E-state index is 0.0958. The molecule has 0 atom stereocenters. The van der Waals surface area contributed by atoms with Crippen molar-refractivity contribution in [1.82, 2.24) is 5.43 Å². The van der Waals surface area contributed by atoms with Crippen LogP contribution >= 0.6 is 11.6 Å². The van der Waals surface area contributed by atoms with Gasteiger partial charge in [-0.05, 0) is 42.3 Å². The van der Waals surface area contributed by atoms with Gasteiger partial charge in [-0.1, -0.05) is 108 Å². The summed E-state index contributed by atoms with van der Waals surface area (Å²) in [5.74, 6) is -0.0361. The van der Waals surface area contributed by atoms with E-state index >= 15 is 0 Å². The van der Waals surface area contributed by atoms with Crippen molar-refractivity contribution < 1.29 is 19.1 Å². The van der Waals surface area contributed by atoms with Crippen LogP contribution in [0.25, 0.3) is 0 Å². The summed E-state index contributed by atoms with van der Waals surface area (Å²) < 4.78 is 10.8. The lowest BCUT2D eigenvalue weighted by molar-refractivity contribution is -0.121. The van der Waals surface area contributed by atoms with Crippen molar-refractivity contribution in [2.24, 2.45) is 5.10 Å². The summed E-state index contributed by atoms with van der Waals surface area (Å²) in [4.78, 5) is 24.5. The van der Waals surface area contributed by atoms with Crippen LogP contribution in [0.2, 0.25) is 5.02 Å². The van der Waals surface area contributed by atoms with E-state index in [1.807, 2.05) is 0 Å². The number of esters is 1. The van der Waals surface area contributed by atoms with Crippen LogP contribution in [0.5, 0.6) is 11.5 Å². The molecule has 0 fully saturated rings. The van der Waals surface area contributed by atoms with E-state index in [1.54, 1.807) is 42.5 Å². The third kappa shape index (κ3) is 12.6. The van der Waals surface area contributed by atoms with Crippen LogP contribution < -0.4 is 14.9 Å².